The molecular weight excluding hydrogens is 340 g/mol. The highest BCUT2D eigenvalue weighted by Crippen LogP contribution is 2.27. The Morgan fingerprint density at radius 3 is 2.11 bits per heavy atom. The maximum atomic E-state index is 12.4. The van der Waals surface area contributed by atoms with Crippen LogP contribution in [0.1, 0.15) is 0 Å². The van der Waals surface area contributed by atoms with E-state index >= 15 is 0 Å². The quantitative estimate of drug-likeness (QED) is 0.737. The van der Waals surface area contributed by atoms with Gasteiger partial charge in [-0.15, -0.1) is 23.2 Å². The molecule has 1 aromatic carbocycles. The zero-order valence-corrected chi connectivity index (χ0v) is 13.1. The van der Waals surface area contributed by atoms with Gasteiger partial charge in [-0.25, -0.2) is 8.42 Å². The van der Waals surface area contributed by atoms with Gasteiger partial charge in [0.25, 0.3) is 0 Å². The predicted octanol–water partition coefficient (Wildman–Crippen LogP) is 3.46. The minimum atomic E-state index is -3.73. The van der Waals surface area contributed by atoms with E-state index in [1.54, 1.807) is 0 Å². The molecule has 0 aromatic heterocycles. The van der Waals surface area contributed by atoms with Crippen molar-refractivity contribution in [3.63, 3.8) is 0 Å². The van der Waals surface area contributed by atoms with Crippen LogP contribution in [0.15, 0.2) is 23.1 Å². The fourth-order valence-electron chi connectivity index (χ4n) is 1.35. The third-order valence-corrected chi connectivity index (χ3v) is 5.13. The summed E-state index contributed by atoms with van der Waals surface area (Å²) in [5.74, 6) is 0.350. The Bertz CT molecular complexity index is 501. The van der Waals surface area contributed by atoms with Crippen LogP contribution in [-0.4, -0.2) is 37.6 Å². The summed E-state index contributed by atoms with van der Waals surface area (Å²) < 4.78 is 25.9. The third kappa shape index (κ3) is 3.89. The molecule has 0 heterocycles. The largest absolute Gasteiger partial charge is 0.244 e. The van der Waals surface area contributed by atoms with E-state index in [9.17, 15) is 8.42 Å². The van der Waals surface area contributed by atoms with E-state index in [0.29, 0.717) is 5.02 Å². The minimum absolute atomic E-state index is 0.0353. The van der Waals surface area contributed by atoms with Gasteiger partial charge in [0.05, 0.1) is 5.02 Å². The Morgan fingerprint density at radius 2 is 1.61 bits per heavy atom. The van der Waals surface area contributed by atoms with Crippen molar-refractivity contribution in [1.82, 2.24) is 4.31 Å². The van der Waals surface area contributed by atoms with Crippen molar-refractivity contribution in [3.8, 4) is 0 Å². The Labute approximate surface area is 127 Å². The second-order valence-electron chi connectivity index (χ2n) is 3.36. The molecule has 0 fully saturated rings. The van der Waals surface area contributed by atoms with Gasteiger partial charge in [-0.05, 0) is 18.2 Å². The number of sulfonamides is 1. The van der Waals surface area contributed by atoms with Crippen LogP contribution in [0.3, 0.4) is 0 Å². The van der Waals surface area contributed by atoms with Gasteiger partial charge >= 0.3 is 0 Å². The van der Waals surface area contributed by atoms with E-state index < -0.39 is 10.0 Å². The molecule has 18 heavy (non-hydrogen) atoms. The van der Waals surface area contributed by atoms with Gasteiger partial charge < -0.3 is 0 Å². The van der Waals surface area contributed by atoms with Crippen molar-refractivity contribution in [2.75, 3.05) is 24.8 Å². The van der Waals surface area contributed by atoms with Gasteiger partial charge in [-0.2, -0.15) is 4.31 Å². The van der Waals surface area contributed by atoms with Crippen molar-refractivity contribution in [3.05, 3.63) is 28.2 Å². The van der Waals surface area contributed by atoms with E-state index in [1.165, 1.54) is 22.5 Å². The van der Waals surface area contributed by atoms with Gasteiger partial charge in [-0.1, -0.05) is 23.2 Å². The third-order valence-electron chi connectivity index (χ3n) is 2.18. The predicted molar refractivity (Wildman–Crippen MR) is 76.7 cm³/mol. The Balaban J connectivity index is 3.21. The lowest BCUT2D eigenvalue weighted by atomic mass is 10.4. The van der Waals surface area contributed by atoms with Crippen molar-refractivity contribution in [1.29, 1.82) is 0 Å². The molecule has 0 amide bonds. The molecule has 0 aliphatic carbocycles. The van der Waals surface area contributed by atoms with Crippen molar-refractivity contribution in [2.24, 2.45) is 0 Å². The minimum Gasteiger partial charge on any atom is -0.207 e. The Kier molecular flexibility index (Phi) is 6.51. The van der Waals surface area contributed by atoms with Gasteiger partial charge in [-0.3, -0.25) is 0 Å². The Hall–Kier alpha value is 0.290. The molecule has 0 radical (unpaired) electrons. The summed E-state index contributed by atoms with van der Waals surface area (Å²) in [5, 5.41) is 0.420. The summed E-state index contributed by atoms with van der Waals surface area (Å²) in [6.07, 6.45) is 0. The zero-order valence-electron chi connectivity index (χ0n) is 9.24. The monoisotopic (exact) mass is 349 g/mol. The van der Waals surface area contributed by atoms with Crippen LogP contribution < -0.4 is 0 Å². The van der Waals surface area contributed by atoms with E-state index in [0.717, 1.165) is 0 Å². The van der Waals surface area contributed by atoms with E-state index in [2.05, 4.69) is 0 Å². The standard InChI is InChI=1S/C10H11Cl4NO2S/c11-3-5-15(6-4-12)18(16,17)10-7-8(13)1-2-9(10)14/h1-2,7H,3-6H2. The normalized spacial score (nSPS) is 12.1. The van der Waals surface area contributed by atoms with Gasteiger partial charge in [0.1, 0.15) is 4.90 Å². The van der Waals surface area contributed by atoms with Crippen LogP contribution in [0.25, 0.3) is 0 Å². The molecule has 0 saturated heterocycles. The number of alkyl halides is 2. The first kappa shape index (κ1) is 16.3. The van der Waals surface area contributed by atoms with Crippen LogP contribution in [0.4, 0.5) is 0 Å². The molecule has 0 aliphatic rings. The van der Waals surface area contributed by atoms with Crippen LogP contribution >= 0.6 is 46.4 Å². The van der Waals surface area contributed by atoms with E-state index in [4.69, 9.17) is 46.4 Å². The molecule has 0 spiro atoms. The lowest BCUT2D eigenvalue weighted by molar-refractivity contribution is 0.448. The van der Waals surface area contributed by atoms with Crippen molar-refractivity contribution >= 4 is 56.4 Å². The van der Waals surface area contributed by atoms with Crippen LogP contribution in [0.2, 0.25) is 10.0 Å². The molecule has 0 aliphatic heterocycles. The molecule has 0 saturated carbocycles. The Morgan fingerprint density at radius 1 is 1.06 bits per heavy atom. The maximum Gasteiger partial charge on any atom is 0.244 e. The number of halogens is 4. The van der Waals surface area contributed by atoms with E-state index in [1.807, 2.05) is 0 Å². The van der Waals surface area contributed by atoms with Crippen LogP contribution in [-0.2, 0) is 10.0 Å². The average Bonchev–Trinajstić information content (AvgIpc) is 2.32. The highest BCUT2D eigenvalue weighted by Gasteiger charge is 2.26. The number of benzene rings is 1. The summed E-state index contributed by atoms with van der Waals surface area (Å²) in [5.41, 5.74) is 0. The molecule has 0 bridgehead atoms. The fraction of sp³-hybridized carbons (Fsp3) is 0.400. The highest BCUT2D eigenvalue weighted by atomic mass is 35.5. The first-order chi connectivity index (χ1) is 8.43. The lowest BCUT2D eigenvalue weighted by Gasteiger charge is -2.20. The molecular formula is C10H11Cl4NO2S. The summed E-state index contributed by atoms with van der Waals surface area (Å²) >= 11 is 22.9. The molecule has 0 atom stereocenters. The SMILES string of the molecule is O=S(=O)(c1cc(Cl)ccc1Cl)N(CCCl)CCCl. The first-order valence-corrected chi connectivity index (χ1v) is 8.27. The van der Waals surface area contributed by atoms with Crippen LogP contribution in [0, 0.1) is 0 Å². The summed E-state index contributed by atoms with van der Waals surface area (Å²) in [4.78, 5) is -0.0353. The highest BCUT2D eigenvalue weighted by molar-refractivity contribution is 7.89. The number of nitrogens with zero attached hydrogens (tertiary/aromatic N) is 1. The molecule has 1 aromatic rings. The summed E-state index contributed by atoms with van der Waals surface area (Å²) in [6, 6.07) is 4.28. The summed E-state index contributed by atoms with van der Waals surface area (Å²) in [6.45, 7) is 0.332. The molecule has 0 unspecified atom stereocenters. The second-order valence-corrected chi connectivity index (χ2v) is 6.86. The molecule has 8 heteroatoms. The smallest absolute Gasteiger partial charge is 0.207 e. The topological polar surface area (TPSA) is 37.4 Å². The number of rotatable bonds is 6. The lowest BCUT2D eigenvalue weighted by Crippen LogP contribution is -2.34. The molecule has 1 rings (SSSR count). The van der Waals surface area contributed by atoms with Crippen molar-refractivity contribution in [2.45, 2.75) is 4.90 Å². The number of hydrogen-bond acceptors (Lipinski definition) is 2. The van der Waals surface area contributed by atoms with Crippen LogP contribution in [0.5, 0.6) is 0 Å². The zero-order chi connectivity index (χ0) is 13.8. The second kappa shape index (κ2) is 7.17. The summed E-state index contributed by atoms with van der Waals surface area (Å²) in [7, 11) is -3.73. The maximum absolute atomic E-state index is 12.4. The first-order valence-electron chi connectivity index (χ1n) is 5.00. The average molecular weight is 351 g/mol. The molecule has 3 nitrogen and oxygen atoms in total. The van der Waals surface area contributed by atoms with Gasteiger partial charge in [0.2, 0.25) is 10.0 Å². The fourth-order valence-corrected chi connectivity index (χ4v) is 4.14. The van der Waals surface area contributed by atoms with Crippen molar-refractivity contribution < 1.29 is 8.42 Å². The van der Waals surface area contributed by atoms with Gasteiger partial charge in [0, 0.05) is 29.9 Å². The van der Waals surface area contributed by atoms with Gasteiger partial charge in [0.15, 0.2) is 0 Å². The molecule has 102 valence electrons. The number of hydrogen-bond donors (Lipinski definition) is 0. The van der Waals surface area contributed by atoms with E-state index in [-0.39, 0.29) is 34.8 Å². The molecule has 0 N–H and O–H groups in total.